The standard InChI is InChI=1S/C18H30N2O/c1-19(12-7-4-8-14-21-2)18-11-13-20(16-18)15-17-9-5-3-6-10-17/h3,5-6,9-10,18H,4,7-8,11-16H2,1-2H3. The van der Waals surface area contributed by atoms with E-state index in [1.807, 2.05) is 0 Å². The van der Waals surface area contributed by atoms with E-state index in [2.05, 4.69) is 47.2 Å². The summed E-state index contributed by atoms with van der Waals surface area (Å²) in [6.07, 6.45) is 5.06. The van der Waals surface area contributed by atoms with Gasteiger partial charge in [0.1, 0.15) is 0 Å². The fourth-order valence-electron chi connectivity index (χ4n) is 3.12. The van der Waals surface area contributed by atoms with E-state index in [0.717, 1.165) is 19.2 Å². The molecule has 21 heavy (non-hydrogen) atoms. The normalized spacial score (nSPS) is 19.5. The van der Waals surface area contributed by atoms with E-state index in [1.165, 1.54) is 50.9 Å². The summed E-state index contributed by atoms with van der Waals surface area (Å²) in [6, 6.07) is 11.5. The second-order valence-electron chi connectivity index (χ2n) is 6.20. The molecule has 0 radical (unpaired) electrons. The molecule has 1 saturated heterocycles. The maximum Gasteiger partial charge on any atom is 0.0462 e. The summed E-state index contributed by atoms with van der Waals surface area (Å²) < 4.78 is 5.10. The van der Waals surface area contributed by atoms with E-state index in [4.69, 9.17) is 4.74 Å². The van der Waals surface area contributed by atoms with Crippen molar-refractivity contribution < 1.29 is 4.74 Å². The maximum absolute atomic E-state index is 5.10. The van der Waals surface area contributed by atoms with Crippen molar-refractivity contribution in [3.8, 4) is 0 Å². The Morgan fingerprint density at radius 1 is 1.19 bits per heavy atom. The molecule has 1 aromatic carbocycles. The van der Waals surface area contributed by atoms with Gasteiger partial charge >= 0.3 is 0 Å². The van der Waals surface area contributed by atoms with E-state index in [9.17, 15) is 0 Å². The van der Waals surface area contributed by atoms with Crippen molar-refractivity contribution in [3.05, 3.63) is 35.9 Å². The number of likely N-dealkylation sites (N-methyl/N-ethyl adjacent to an activating group) is 1. The molecule has 0 aliphatic carbocycles. The molecule has 0 N–H and O–H groups in total. The number of likely N-dealkylation sites (tertiary alicyclic amines) is 1. The van der Waals surface area contributed by atoms with Crippen LogP contribution in [0.25, 0.3) is 0 Å². The molecule has 2 rings (SSSR count). The number of rotatable bonds is 9. The fraction of sp³-hybridized carbons (Fsp3) is 0.667. The first kappa shape index (κ1) is 16.5. The SMILES string of the molecule is COCCCCCN(C)C1CCN(Cc2ccccc2)C1. The summed E-state index contributed by atoms with van der Waals surface area (Å²) in [5.74, 6) is 0. The van der Waals surface area contributed by atoms with Crippen LogP contribution in [-0.4, -0.2) is 56.2 Å². The highest BCUT2D eigenvalue weighted by molar-refractivity contribution is 5.14. The number of ether oxygens (including phenoxy) is 1. The van der Waals surface area contributed by atoms with Crippen LogP contribution in [0, 0.1) is 0 Å². The predicted molar refractivity (Wildman–Crippen MR) is 88.5 cm³/mol. The van der Waals surface area contributed by atoms with Crippen molar-refractivity contribution >= 4 is 0 Å². The quantitative estimate of drug-likeness (QED) is 0.650. The molecule has 1 heterocycles. The van der Waals surface area contributed by atoms with Gasteiger partial charge in [-0.05, 0) is 44.8 Å². The lowest BCUT2D eigenvalue weighted by molar-refractivity contribution is 0.186. The third-order valence-electron chi connectivity index (χ3n) is 4.48. The van der Waals surface area contributed by atoms with Gasteiger partial charge in [0.15, 0.2) is 0 Å². The van der Waals surface area contributed by atoms with Gasteiger partial charge in [-0.25, -0.2) is 0 Å². The van der Waals surface area contributed by atoms with Crippen molar-refractivity contribution in [2.24, 2.45) is 0 Å². The van der Waals surface area contributed by atoms with Crippen molar-refractivity contribution in [2.45, 2.75) is 38.3 Å². The molecule has 1 aliphatic rings. The highest BCUT2D eigenvalue weighted by Crippen LogP contribution is 2.17. The molecule has 3 heteroatoms. The van der Waals surface area contributed by atoms with Crippen LogP contribution in [0.1, 0.15) is 31.2 Å². The Bertz CT molecular complexity index is 382. The molecule has 0 amide bonds. The largest absolute Gasteiger partial charge is 0.385 e. The summed E-state index contributed by atoms with van der Waals surface area (Å²) in [5, 5.41) is 0. The van der Waals surface area contributed by atoms with E-state index < -0.39 is 0 Å². The Morgan fingerprint density at radius 2 is 2.00 bits per heavy atom. The van der Waals surface area contributed by atoms with Crippen LogP contribution in [-0.2, 0) is 11.3 Å². The Kier molecular flexibility index (Phi) is 7.20. The van der Waals surface area contributed by atoms with Crippen molar-refractivity contribution in [2.75, 3.05) is 40.4 Å². The summed E-state index contributed by atoms with van der Waals surface area (Å²) >= 11 is 0. The maximum atomic E-state index is 5.10. The minimum absolute atomic E-state index is 0.733. The van der Waals surface area contributed by atoms with Crippen LogP contribution in [0.2, 0.25) is 0 Å². The molecule has 1 aromatic rings. The second kappa shape index (κ2) is 9.19. The van der Waals surface area contributed by atoms with Crippen LogP contribution in [0.5, 0.6) is 0 Å². The Hall–Kier alpha value is -0.900. The van der Waals surface area contributed by atoms with E-state index in [-0.39, 0.29) is 0 Å². The average molecular weight is 290 g/mol. The molecule has 0 bridgehead atoms. The molecule has 1 unspecified atom stereocenters. The fourth-order valence-corrected chi connectivity index (χ4v) is 3.12. The second-order valence-corrected chi connectivity index (χ2v) is 6.20. The smallest absolute Gasteiger partial charge is 0.0462 e. The number of nitrogens with zero attached hydrogens (tertiary/aromatic N) is 2. The highest BCUT2D eigenvalue weighted by Gasteiger charge is 2.25. The summed E-state index contributed by atoms with van der Waals surface area (Å²) in [5.41, 5.74) is 1.43. The first-order valence-electron chi connectivity index (χ1n) is 8.25. The average Bonchev–Trinajstić information content (AvgIpc) is 2.96. The Labute approximate surface area is 129 Å². The van der Waals surface area contributed by atoms with Gasteiger partial charge in [0.2, 0.25) is 0 Å². The zero-order valence-corrected chi connectivity index (χ0v) is 13.6. The van der Waals surface area contributed by atoms with E-state index >= 15 is 0 Å². The van der Waals surface area contributed by atoms with Gasteiger partial charge in [-0.15, -0.1) is 0 Å². The van der Waals surface area contributed by atoms with Crippen LogP contribution >= 0.6 is 0 Å². The van der Waals surface area contributed by atoms with Crippen molar-refractivity contribution in [1.82, 2.24) is 9.80 Å². The van der Waals surface area contributed by atoms with Gasteiger partial charge in [-0.1, -0.05) is 30.3 Å². The summed E-state index contributed by atoms with van der Waals surface area (Å²) in [4.78, 5) is 5.14. The number of benzene rings is 1. The van der Waals surface area contributed by atoms with Gasteiger partial charge in [0.25, 0.3) is 0 Å². The summed E-state index contributed by atoms with van der Waals surface area (Å²) in [7, 11) is 4.07. The van der Waals surface area contributed by atoms with Crippen LogP contribution in [0.4, 0.5) is 0 Å². The number of hydrogen-bond acceptors (Lipinski definition) is 3. The molecule has 0 spiro atoms. The Balaban J connectivity index is 1.64. The third-order valence-corrected chi connectivity index (χ3v) is 4.48. The molecular formula is C18H30N2O. The number of unbranched alkanes of at least 4 members (excludes halogenated alkanes) is 2. The first-order chi connectivity index (χ1) is 10.3. The van der Waals surface area contributed by atoms with Gasteiger partial charge < -0.3 is 9.64 Å². The topological polar surface area (TPSA) is 15.7 Å². The molecule has 1 aliphatic heterocycles. The zero-order chi connectivity index (χ0) is 14.9. The van der Waals surface area contributed by atoms with Gasteiger partial charge in [0, 0.05) is 39.4 Å². The molecule has 118 valence electrons. The van der Waals surface area contributed by atoms with Gasteiger partial charge in [-0.2, -0.15) is 0 Å². The van der Waals surface area contributed by atoms with Crippen LogP contribution < -0.4 is 0 Å². The number of methoxy groups -OCH3 is 1. The lowest BCUT2D eigenvalue weighted by Gasteiger charge is -2.24. The molecular weight excluding hydrogens is 260 g/mol. The highest BCUT2D eigenvalue weighted by atomic mass is 16.5. The zero-order valence-electron chi connectivity index (χ0n) is 13.6. The molecule has 1 atom stereocenters. The lowest BCUT2D eigenvalue weighted by atomic mass is 10.2. The molecule has 3 nitrogen and oxygen atoms in total. The van der Waals surface area contributed by atoms with Crippen LogP contribution in [0.3, 0.4) is 0 Å². The van der Waals surface area contributed by atoms with Crippen LogP contribution in [0.15, 0.2) is 30.3 Å². The first-order valence-corrected chi connectivity index (χ1v) is 8.25. The van der Waals surface area contributed by atoms with E-state index in [1.54, 1.807) is 7.11 Å². The van der Waals surface area contributed by atoms with Crippen molar-refractivity contribution in [1.29, 1.82) is 0 Å². The van der Waals surface area contributed by atoms with Crippen molar-refractivity contribution in [3.63, 3.8) is 0 Å². The predicted octanol–water partition coefficient (Wildman–Crippen LogP) is 3.01. The molecule has 0 aromatic heterocycles. The van der Waals surface area contributed by atoms with Gasteiger partial charge in [-0.3, -0.25) is 4.90 Å². The Morgan fingerprint density at radius 3 is 2.76 bits per heavy atom. The van der Waals surface area contributed by atoms with Gasteiger partial charge in [0.05, 0.1) is 0 Å². The summed E-state index contributed by atoms with van der Waals surface area (Å²) in [6.45, 7) is 5.65. The molecule has 1 fully saturated rings. The lowest BCUT2D eigenvalue weighted by Crippen LogP contribution is -2.35. The minimum atomic E-state index is 0.733. The number of hydrogen-bond donors (Lipinski definition) is 0. The minimum Gasteiger partial charge on any atom is -0.385 e. The molecule has 0 saturated carbocycles. The monoisotopic (exact) mass is 290 g/mol. The van der Waals surface area contributed by atoms with E-state index in [0.29, 0.717) is 0 Å². The third kappa shape index (κ3) is 5.77.